The van der Waals surface area contributed by atoms with Crippen LogP contribution in [0.4, 0.5) is 10.1 Å². The third kappa shape index (κ3) is 6.25. The van der Waals surface area contributed by atoms with E-state index < -0.39 is 33.5 Å². The van der Waals surface area contributed by atoms with Crippen molar-refractivity contribution in [2.45, 2.75) is 26.0 Å². The lowest BCUT2D eigenvalue weighted by Crippen LogP contribution is -2.35. The monoisotopic (exact) mass is 405 g/mol. The zero-order chi connectivity index (χ0) is 20.7. The van der Waals surface area contributed by atoms with Crippen molar-refractivity contribution in [2.75, 3.05) is 10.5 Å². The highest BCUT2D eigenvalue weighted by molar-refractivity contribution is 7.93. The molecule has 2 rings (SSSR count). The van der Waals surface area contributed by atoms with Gasteiger partial charge in [-0.2, -0.15) is 5.26 Å². The Hall–Kier alpha value is -3.12. The Morgan fingerprint density at radius 1 is 1.18 bits per heavy atom. The third-order valence-corrected chi connectivity index (χ3v) is 4.66. The third-order valence-electron chi connectivity index (χ3n) is 3.47. The van der Waals surface area contributed by atoms with Crippen molar-refractivity contribution >= 4 is 21.6 Å². The van der Waals surface area contributed by atoms with Gasteiger partial charge in [0.05, 0.1) is 12.2 Å². The zero-order valence-electron chi connectivity index (χ0n) is 15.3. The minimum absolute atomic E-state index is 0.0197. The molecule has 0 heterocycles. The molecule has 0 bridgehead atoms. The number of nitrogens with one attached hydrogen (secondary N) is 2. The van der Waals surface area contributed by atoms with E-state index in [-0.39, 0.29) is 17.4 Å². The van der Waals surface area contributed by atoms with Gasteiger partial charge in [0.2, 0.25) is 15.9 Å². The lowest BCUT2D eigenvalue weighted by molar-refractivity contribution is -0.119. The molecule has 0 aliphatic rings. The number of hydrogen-bond donors (Lipinski definition) is 2. The molecule has 0 fully saturated rings. The summed E-state index contributed by atoms with van der Waals surface area (Å²) in [4.78, 5) is 12.1. The first kappa shape index (κ1) is 21.2. The summed E-state index contributed by atoms with van der Waals surface area (Å²) in [6.07, 6.45) is -0.0197. The van der Waals surface area contributed by atoms with Gasteiger partial charge >= 0.3 is 0 Å². The van der Waals surface area contributed by atoms with Crippen molar-refractivity contribution in [1.29, 1.82) is 5.26 Å². The molecule has 0 saturated heterocycles. The second-order valence-corrected chi connectivity index (χ2v) is 7.93. The molecule has 1 unspecified atom stereocenters. The Balaban J connectivity index is 2.00. The molecule has 2 aromatic rings. The van der Waals surface area contributed by atoms with Gasteiger partial charge < -0.3 is 10.1 Å². The molecule has 1 amide bonds. The van der Waals surface area contributed by atoms with E-state index in [1.54, 1.807) is 18.2 Å². The molecule has 0 radical (unpaired) electrons. The summed E-state index contributed by atoms with van der Waals surface area (Å²) >= 11 is 0. The average molecular weight is 405 g/mol. The maximum Gasteiger partial charge on any atom is 0.241 e. The molecule has 148 valence electrons. The maximum atomic E-state index is 13.8. The number of ether oxygens (including phenoxy) is 1. The fourth-order valence-electron chi connectivity index (χ4n) is 2.35. The van der Waals surface area contributed by atoms with E-state index in [4.69, 9.17) is 10.00 Å². The van der Waals surface area contributed by atoms with Crippen LogP contribution in [0.1, 0.15) is 25.5 Å². The predicted molar refractivity (Wildman–Crippen MR) is 103 cm³/mol. The average Bonchev–Trinajstić information content (AvgIpc) is 2.61. The molecular weight excluding hydrogens is 385 g/mol. The van der Waals surface area contributed by atoms with Gasteiger partial charge in [-0.1, -0.05) is 18.2 Å². The molecule has 7 nitrogen and oxygen atoms in total. The minimum Gasteiger partial charge on any atom is -0.491 e. The number of carbonyl (C=O) groups excluding carboxylic acids is 1. The lowest BCUT2D eigenvalue weighted by atomic mass is 10.1. The molecule has 0 saturated carbocycles. The van der Waals surface area contributed by atoms with E-state index in [1.807, 2.05) is 13.8 Å². The minimum atomic E-state index is -4.02. The van der Waals surface area contributed by atoms with E-state index in [1.165, 1.54) is 30.3 Å². The van der Waals surface area contributed by atoms with Crippen LogP contribution in [0.3, 0.4) is 0 Å². The first-order valence-electron chi connectivity index (χ1n) is 8.41. The number of amides is 1. The van der Waals surface area contributed by atoms with Crippen LogP contribution in [-0.4, -0.2) is 26.2 Å². The normalized spacial score (nSPS) is 12.1. The highest BCUT2D eigenvalue weighted by atomic mass is 32.2. The van der Waals surface area contributed by atoms with Crippen LogP contribution in [-0.2, 0) is 14.8 Å². The Morgan fingerprint density at radius 2 is 1.82 bits per heavy atom. The molecule has 28 heavy (non-hydrogen) atoms. The molecule has 2 N–H and O–H groups in total. The fourth-order valence-corrected chi connectivity index (χ4v) is 3.35. The zero-order valence-corrected chi connectivity index (χ0v) is 16.2. The number of halogens is 1. The number of rotatable bonds is 8. The van der Waals surface area contributed by atoms with Crippen LogP contribution in [0.25, 0.3) is 0 Å². The van der Waals surface area contributed by atoms with Crippen molar-refractivity contribution in [3.8, 4) is 11.8 Å². The van der Waals surface area contributed by atoms with E-state index in [9.17, 15) is 17.6 Å². The summed E-state index contributed by atoms with van der Waals surface area (Å²) in [5.41, 5.74) is 0.222. The molecule has 0 aliphatic heterocycles. The second-order valence-electron chi connectivity index (χ2n) is 6.20. The first-order valence-corrected chi connectivity index (χ1v) is 10.1. The number of anilines is 1. The van der Waals surface area contributed by atoms with Crippen LogP contribution in [0.15, 0.2) is 48.5 Å². The lowest BCUT2D eigenvalue weighted by Gasteiger charge is -2.14. The quantitative estimate of drug-likeness (QED) is 0.702. The number of hydrogen-bond acceptors (Lipinski definition) is 5. The summed E-state index contributed by atoms with van der Waals surface area (Å²) in [5.74, 6) is -1.93. The maximum absolute atomic E-state index is 13.8. The van der Waals surface area contributed by atoms with Gasteiger partial charge in [-0.25, -0.2) is 12.8 Å². The standard InChI is InChI=1S/C19H20FN3O4S/c1-13(2)27-15-9-7-14(8-10-15)23-28(25,26)12-19(24)22-18(11-21)16-5-3-4-6-17(16)20/h3-10,13,18,23H,12H2,1-2H3,(H,22,24). The fraction of sp³-hybridized carbons (Fsp3) is 0.263. The predicted octanol–water partition coefficient (Wildman–Crippen LogP) is 2.74. The first-order chi connectivity index (χ1) is 13.2. The van der Waals surface area contributed by atoms with Gasteiger partial charge in [0, 0.05) is 11.3 Å². The Labute approximate surface area is 163 Å². The molecule has 0 aromatic heterocycles. The largest absolute Gasteiger partial charge is 0.491 e. The van der Waals surface area contributed by atoms with Gasteiger partial charge in [0.1, 0.15) is 23.4 Å². The van der Waals surface area contributed by atoms with Crippen molar-refractivity contribution in [3.63, 3.8) is 0 Å². The van der Waals surface area contributed by atoms with E-state index in [2.05, 4.69) is 10.0 Å². The number of carbonyl (C=O) groups is 1. The molecule has 0 aliphatic carbocycles. The molecule has 9 heteroatoms. The summed E-state index contributed by atoms with van der Waals surface area (Å²) in [7, 11) is -4.02. The number of sulfonamides is 1. The van der Waals surface area contributed by atoms with Crippen LogP contribution in [0, 0.1) is 17.1 Å². The summed E-state index contributed by atoms with van der Waals surface area (Å²) in [5, 5.41) is 11.4. The number of nitriles is 1. The molecular formula is C19H20FN3O4S. The summed E-state index contributed by atoms with van der Waals surface area (Å²) in [6, 6.07) is 12.1. The Morgan fingerprint density at radius 3 is 2.39 bits per heavy atom. The topological polar surface area (TPSA) is 108 Å². The van der Waals surface area contributed by atoms with Gasteiger partial charge in [-0.3, -0.25) is 9.52 Å². The van der Waals surface area contributed by atoms with E-state index >= 15 is 0 Å². The van der Waals surface area contributed by atoms with Crippen LogP contribution >= 0.6 is 0 Å². The summed E-state index contributed by atoms with van der Waals surface area (Å²) < 4.78 is 45.9. The molecule has 0 spiro atoms. The van der Waals surface area contributed by atoms with Crippen molar-refractivity contribution in [1.82, 2.24) is 5.32 Å². The second kappa shape index (κ2) is 9.19. The smallest absolute Gasteiger partial charge is 0.241 e. The van der Waals surface area contributed by atoms with Gasteiger partial charge in [-0.15, -0.1) is 0 Å². The Bertz CT molecular complexity index is 969. The molecule has 2 aromatic carbocycles. The van der Waals surface area contributed by atoms with Gasteiger partial charge in [-0.05, 0) is 44.2 Å². The number of nitrogens with zero attached hydrogens (tertiary/aromatic N) is 1. The van der Waals surface area contributed by atoms with Crippen LogP contribution in [0.5, 0.6) is 5.75 Å². The van der Waals surface area contributed by atoms with E-state index in [0.29, 0.717) is 5.75 Å². The van der Waals surface area contributed by atoms with Crippen molar-refractivity contribution < 1.29 is 22.3 Å². The molecule has 1 atom stereocenters. The highest BCUT2D eigenvalue weighted by Crippen LogP contribution is 2.18. The van der Waals surface area contributed by atoms with Crippen LogP contribution < -0.4 is 14.8 Å². The van der Waals surface area contributed by atoms with Crippen molar-refractivity contribution in [2.24, 2.45) is 0 Å². The SMILES string of the molecule is CC(C)Oc1ccc(NS(=O)(=O)CC(=O)NC(C#N)c2ccccc2F)cc1. The van der Waals surface area contributed by atoms with Crippen LogP contribution in [0.2, 0.25) is 0 Å². The summed E-state index contributed by atoms with van der Waals surface area (Å²) in [6.45, 7) is 3.73. The van der Waals surface area contributed by atoms with E-state index in [0.717, 1.165) is 6.07 Å². The Kier molecular flexibility index (Phi) is 6.95. The van der Waals surface area contributed by atoms with Gasteiger partial charge in [0.25, 0.3) is 0 Å². The van der Waals surface area contributed by atoms with Crippen molar-refractivity contribution in [3.05, 3.63) is 59.9 Å². The highest BCUT2D eigenvalue weighted by Gasteiger charge is 2.22. The van der Waals surface area contributed by atoms with Gasteiger partial charge in [0.15, 0.2) is 0 Å². The number of benzene rings is 2.